The molecular weight excluding hydrogens is 222 g/mol. The Labute approximate surface area is 101 Å². The highest BCUT2D eigenvalue weighted by molar-refractivity contribution is 7.90. The molecule has 0 bridgehead atoms. The van der Waals surface area contributed by atoms with Crippen LogP contribution in [0, 0.1) is 5.92 Å². The van der Waals surface area contributed by atoms with Crippen molar-refractivity contribution >= 4 is 11.4 Å². The van der Waals surface area contributed by atoms with Crippen molar-refractivity contribution in [2.75, 3.05) is 0 Å². The fraction of sp³-hybridized carbons (Fsp3) is 0.727. The Hall–Kier alpha value is -0.520. The van der Waals surface area contributed by atoms with E-state index in [1.54, 1.807) is 6.20 Å². The van der Waals surface area contributed by atoms with Crippen molar-refractivity contribution in [1.82, 2.24) is 14.9 Å². The predicted octanol–water partition coefficient (Wildman–Crippen LogP) is 2.16. The summed E-state index contributed by atoms with van der Waals surface area (Å²) in [6.45, 7) is 10.1. The van der Waals surface area contributed by atoms with Crippen molar-refractivity contribution in [3.8, 4) is 0 Å². The summed E-state index contributed by atoms with van der Waals surface area (Å²) < 4.78 is 15.0. The lowest BCUT2D eigenvalue weighted by atomic mass is 10.0. The maximum absolute atomic E-state index is 12.0. The zero-order valence-electron chi connectivity index (χ0n) is 10.6. The highest BCUT2D eigenvalue weighted by atomic mass is 32.2. The second-order valence-corrected chi connectivity index (χ2v) is 7.25. The van der Waals surface area contributed by atoms with Crippen LogP contribution in [-0.2, 0) is 11.4 Å². The topological polar surface area (TPSA) is 63.8 Å². The van der Waals surface area contributed by atoms with Gasteiger partial charge in [-0.3, -0.25) is 5.10 Å². The normalized spacial score (nSPS) is 16.4. The van der Waals surface area contributed by atoms with Crippen LogP contribution in [0.5, 0.6) is 0 Å². The number of nitrogens with zero attached hydrogens (tertiary/aromatic N) is 1. The second-order valence-electron chi connectivity index (χ2n) is 5.25. The Morgan fingerprint density at radius 3 is 2.44 bits per heavy atom. The summed E-state index contributed by atoms with van der Waals surface area (Å²) in [6.07, 6.45) is 3.62. The monoisotopic (exact) mass is 243 g/mol. The average Bonchev–Trinajstić information content (AvgIpc) is 2.63. The third kappa shape index (κ3) is 3.50. The minimum Gasteiger partial charge on any atom is -0.598 e. The maximum atomic E-state index is 12.0. The molecule has 0 aromatic carbocycles. The third-order valence-corrected chi connectivity index (χ3v) is 3.92. The summed E-state index contributed by atoms with van der Waals surface area (Å²) in [5, 5.41) is 6.72. The first kappa shape index (κ1) is 13.5. The zero-order valence-corrected chi connectivity index (χ0v) is 11.4. The van der Waals surface area contributed by atoms with Crippen molar-refractivity contribution in [1.29, 1.82) is 0 Å². The van der Waals surface area contributed by atoms with E-state index in [4.69, 9.17) is 0 Å². The van der Waals surface area contributed by atoms with E-state index in [2.05, 4.69) is 28.8 Å². The van der Waals surface area contributed by atoms with Crippen LogP contribution in [-0.4, -0.2) is 19.5 Å². The minimum absolute atomic E-state index is 0.0683. The van der Waals surface area contributed by atoms with Crippen molar-refractivity contribution in [2.45, 2.75) is 45.4 Å². The van der Waals surface area contributed by atoms with Gasteiger partial charge in [0, 0.05) is 23.1 Å². The molecule has 2 N–H and O–H groups in total. The molecule has 1 aromatic heterocycles. The molecule has 92 valence electrons. The number of aromatic nitrogens is 2. The van der Waals surface area contributed by atoms with E-state index in [-0.39, 0.29) is 10.8 Å². The lowest BCUT2D eigenvalue weighted by Crippen LogP contribution is -2.42. The Balaban J connectivity index is 2.74. The smallest absolute Gasteiger partial charge is 0.136 e. The molecule has 1 unspecified atom stereocenters. The number of hydrogen-bond acceptors (Lipinski definition) is 3. The van der Waals surface area contributed by atoms with Gasteiger partial charge in [-0.05, 0) is 26.7 Å². The molecular formula is C11H21N3OS. The summed E-state index contributed by atoms with van der Waals surface area (Å²) in [5.41, 5.74) is 1.05. The van der Waals surface area contributed by atoms with Gasteiger partial charge in [-0.2, -0.15) is 5.10 Å². The predicted molar refractivity (Wildman–Crippen MR) is 67.2 cm³/mol. The number of nitrogens with one attached hydrogen (secondary N) is 2. The molecule has 5 heteroatoms. The van der Waals surface area contributed by atoms with Crippen molar-refractivity contribution in [3.63, 3.8) is 0 Å². The first-order valence-electron chi connectivity index (χ1n) is 5.49. The standard InChI is InChI=1S/C11H21N3OS/c1-8(2)10(9-6-12-13-7-9)14-16(15)11(3,4)5/h6-8,10,14H,1-5H3,(H,12,13)/t10?,16-/m1/s1. The minimum atomic E-state index is -1.06. The van der Waals surface area contributed by atoms with E-state index in [0.29, 0.717) is 5.92 Å². The maximum Gasteiger partial charge on any atom is 0.136 e. The molecule has 0 saturated heterocycles. The largest absolute Gasteiger partial charge is 0.598 e. The van der Waals surface area contributed by atoms with Gasteiger partial charge in [0.15, 0.2) is 0 Å². The van der Waals surface area contributed by atoms with Crippen LogP contribution in [0.1, 0.15) is 46.2 Å². The van der Waals surface area contributed by atoms with Gasteiger partial charge in [0.05, 0.1) is 12.2 Å². The third-order valence-electron chi connectivity index (χ3n) is 2.34. The zero-order chi connectivity index (χ0) is 12.3. The quantitative estimate of drug-likeness (QED) is 0.796. The van der Waals surface area contributed by atoms with E-state index >= 15 is 0 Å². The molecule has 1 heterocycles. The van der Waals surface area contributed by atoms with Crippen LogP contribution < -0.4 is 4.72 Å². The molecule has 2 atom stereocenters. The summed E-state index contributed by atoms with van der Waals surface area (Å²) in [7, 11) is 0. The molecule has 0 aliphatic carbocycles. The number of H-pyrrole nitrogens is 1. The van der Waals surface area contributed by atoms with Crippen LogP contribution in [0.25, 0.3) is 0 Å². The van der Waals surface area contributed by atoms with Crippen LogP contribution in [0.2, 0.25) is 0 Å². The summed E-state index contributed by atoms with van der Waals surface area (Å²) >= 11 is -1.06. The van der Waals surface area contributed by atoms with E-state index in [1.165, 1.54) is 0 Å². The van der Waals surface area contributed by atoms with Gasteiger partial charge in [-0.1, -0.05) is 13.8 Å². The molecule has 0 fully saturated rings. The van der Waals surface area contributed by atoms with Gasteiger partial charge in [0.25, 0.3) is 0 Å². The van der Waals surface area contributed by atoms with Gasteiger partial charge in [0.1, 0.15) is 4.75 Å². The second kappa shape index (κ2) is 5.21. The number of aromatic amines is 1. The Morgan fingerprint density at radius 2 is 2.06 bits per heavy atom. The molecule has 16 heavy (non-hydrogen) atoms. The van der Waals surface area contributed by atoms with Crippen molar-refractivity contribution in [2.24, 2.45) is 5.92 Å². The Kier molecular flexibility index (Phi) is 4.41. The van der Waals surface area contributed by atoms with Crippen molar-refractivity contribution in [3.05, 3.63) is 18.0 Å². The van der Waals surface area contributed by atoms with Gasteiger partial charge >= 0.3 is 0 Å². The summed E-state index contributed by atoms with van der Waals surface area (Å²) in [5.74, 6) is 0.365. The number of hydrogen-bond donors (Lipinski definition) is 2. The van der Waals surface area contributed by atoms with Gasteiger partial charge < -0.3 is 4.55 Å². The SMILES string of the molecule is CC(C)C(N[S@+]([O-])C(C)(C)C)c1cn[nH]c1. The molecule has 0 aliphatic rings. The fourth-order valence-corrected chi connectivity index (χ4v) is 2.30. The van der Waals surface area contributed by atoms with Crippen LogP contribution in [0.4, 0.5) is 0 Å². The van der Waals surface area contributed by atoms with Crippen molar-refractivity contribution < 1.29 is 4.55 Å². The molecule has 1 aromatic rings. The lowest BCUT2D eigenvalue weighted by Gasteiger charge is -2.29. The molecule has 0 saturated carbocycles. The average molecular weight is 243 g/mol. The molecule has 0 aliphatic heterocycles. The van der Waals surface area contributed by atoms with Crippen LogP contribution in [0.15, 0.2) is 12.4 Å². The first-order valence-corrected chi connectivity index (χ1v) is 6.64. The highest BCUT2D eigenvalue weighted by Gasteiger charge is 2.31. The molecule has 0 radical (unpaired) electrons. The Bertz CT molecular complexity index is 306. The summed E-state index contributed by atoms with van der Waals surface area (Å²) in [4.78, 5) is 0. The van der Waals surface area contributed by atoms with Gasteiger partial charge in [-0.25, -0.2) is 0 Å². The molecule has 4 nitrogen and oxygen atoms in total. The molecule has 0 amide bonds. The van der Waals surface area contributed by atoms with E-state index in [1.807, 2.05) is 27.0 Å². The summed E-state index contributed by atoms with van der Waals surface area (Å²) in [6, 6.07) is 0.0683. The van der Waals surface area contributed by atoms with E-state index < -0.39 is 11.4 Å². The number of rotatable bonds is 4. The molecule has 0 spiro atoms. The molecule has 1 rings (SSSR count). The van der Waals surface area contributed by atoms with E-state index in [0.717, 1.165) is 5.56 Å². The van der Waals surface area contributed by atoms with E-state index in [9.17, 15) is 4.55 Å². The fourth-order valence-electron chi connectivity index (χ4n) is 1.31. The lowest BCUT2D eigenvalue weighted by molar-refractivity contribution is 0.452. The first-order chi connectivity index (χ1) is 7.32. The van der Waals surface area contributed by atoms with Crippen LogP contribution in [0.3, 0.4) is 0 Å². The van der Waals surface area contributed by atoms with Gasteiger partial charge in [-0.15, -0.1) is 4.72 Å². The highest BCUT2D eigenvalue weighted by Crippen LogP contribution is 2.24. The van der Waals surface area contributed by atoms with Gasteiger partial charge in [0.2, 0.25) is 0 Å². The Morgan fingerprint density at radius 1 is 1.44 bits per heavy atom. The van der Waals surface area contributed by atoms with Crippen LogP contribution >= 0.6 is 0 Å².